The molecule has 2 aliphatic rings. The molecule has 1 fully saturated rings. The van der Waals surface area contributed by atoms with E-state index in [1.54, 1.807) is 4.90 Å². The van der Waals surface area contributed by atoms with Crippen molar-refractivity contribution in [3.8, 4) is 0 Å². The zero-order valence-corrected chi connectivity index (χ0v) is 19.0. The van der Waals surface area contributed by atoms with E-state index in [-0.39, 0.29) is 5.91 Å². The van der Waals surface area contributed by atoms with E-state index in [1.165, 1.54) is 6.42 Å². The predicted molar refractivity (Wildman–Crippen MR) is 133 cm³/mol. The van der Waals surface area contributed by atoms with Crippen LogP contribution in [0.1, 0.15) is 35.3 Å². The Hall–Kier alpha value is -3.87. The first kappa shape index (κ1) is 21.0. The molecule has 5 rings (SSSR count). The maximum atomic E-state index is 13.8. The summed E-state index contributed by atoms with van der Waals surface area (Å²) in [5.41, 5.74) is 3.74. The molecular weight excluding hydrogens is 412 g/mol. The molecule has 1 N–H and O–H groups in total. The Kier molecular flexibility index (Phi) is 5.69. The number of rotatable bonds is 5. The minimum atomic E-state index is -0.138. The van der Waals surface area contributed by atoms with Crippen LogP contribution >= 0.6 is 0 Å². The molecule has 1 saturated heterocycles. The molecule has 0 bridgehead atoms. The minimum Gasteiger partial charge on any atom is -0.382 e. The highest BCUT2D eigenvalue weighted by atomic mass is 16.2. The van der Waals surface area contributed by atoms with Gasteiger partial charge >= 0.3 is 0 Å². The van der Waals surface area contributed by atoms with Gasteiger partial charge in [-0.05, 0) is 43.5 Å². The molecule has 0 radical (unpaired) electrons. The molecule has 0 spiro atoms. The molecule has 0 atom stereocenters. The van der Waals surface area contributed by atoms with Crippen LogP contribution in [-0.2, 0) is 0 Å². The number of anilines is 4. The van der Waals surface area contributed by atoms with Crippen LogP contribution in [0.2, 0.25) is 0 Å². The third-order valence-electron chi connectivity index (χ3n) is 5.87. The van der Waals surface area contributed by atoms with Crippen LogP contribution < -0.4 is 15.1 Å². The number of benzene rings is 2. The van der Waals surface area contributed by atoms with Gasteiger partial charge in [0.15, 0.2) is 0 Å². The number of para-hydroxylation sites is 2. The fraction of sp³-hybridized carbons (Fsp3) is 0.269. The number of aromatic nitrogens is 2. The zero-order valence-electron chi connectivity index (χ0n) is 19.0. The largest absolute Gasteiger partial charge is 0.382 e. The number of nitrogens with one attached hydrogen (secondary N) is 1. The highest BCUT2D eigenvalue weighted by Gasteiger charge is 2.40. The van der Waals surface area contributed by atoms with Gasteiger partial charge in [-0.25, -0.2) is 4.98 Å². The van der Waals surface area contributed by atoms with Crippen molar-refractivity contribution in [1.29, 1.82) is 0 Å². The first-order valence-electron chi connectivity index (χ1n) is 11.4. The van der Waals surface area contributed by atoms with E-state index in [0.717, 1.165) is 54.4 Å². The molecule has 7 nitrogen and oxygen atoms in total. The monoisotopic (exact) mass is 440 g/mol. The second-order valence-electron chi connectivity index (χ2n) is 8.59. The van der Waals surface area contributed by atoms with E-state index in [0.29, 0.717) is 11.6 Å². The quantitative estimate of drug-likeness (QED) is 0.619. The summed E-state index contributed by atoms with van der Waals surface area (Å²) in [4.78, 5) is 29.4. The maximum absolute atomic E-state index is 13.8. The third-order valence-corrected chi connectivity index (χ3v) is 5.87. The molecule has 3 aromatic rings. The van der Waals surface area contributed by atoms with E-state index in [2.05, 4.69) is 10.2 Å². The van der Waals surface area contributed by atoms with Crippen LogP contribution in [0.5, 0.6) is 0 Å². The molecule has 0 saturated carbocycles. The average molecular weight is 441 g/mol. The third kappa shape index (κ3) is 4.14. The molecular formula is C26H28N6O. The van der Waals surface area contributed by atoms with Crippen LogP contribution in [0.4, 0.5) is 23.1 Å². The van der Waals surface area contributed by atoms with Crippen molar-refractivity contribution in [1.82, 2.24) is 14.9 Å². The molecule has 7 heteroatoms. The molecule has 1 amide bonds. The van der Waals surface area contributed by atoms with E-state index in [4.69, 9.17) is 9.97 Å². The number of piperidine rings is 1. The summed E-state index contributed by atoms with van der Waals surface area (Å²) in [5, 5.41) is 3.29. The van der Waals surface area contributed by atoms with Crippen LogP contribution in [0.25, 0.3) is 5.70 Å². The first-order chi connectivity index (χ1) is 16.1. The second-order valence-corrected chi connectivity index (χ2v) is 8.59. The van der Waals surface area contributed by atoms with E-state index < -0.39 is 0 Å². The van der Waals surface area contributed by atoms with Crippen molar-refractivity contribution in [2.75, 3.05) is 42.3 Å². The minimum absolute atomic E-state index is 0.138. The SMILES string of the molecule is CN(C)/C=C1/c2c(nc(Nc3ccccc3)nc2N2CCCCC2)C(=O)N1c1ccccc1. The maximum Gasteiger partial charge on any atom is 0.282 e. The normalized spacial score (nSPS) is 16.8. The van der Waals surface area contributed by atoms with Gasteiger partial charge < -0.3 is 15.1 Å². The number of fused-ring (bicyclic) bond motifs is 1. The highest BCUT2D eigenvalue weighted by molar-refractivity contribution is 6.22. The van der Waals surface area contributed by atoms with Gasteiger partial charge in [0.25, 0.3) is 5.91 Å². The molecule has 2 aromatic carbocycles. The van der Waals surface area contributed by atoms with Gasteiger partial charge in [0.05, 0.1) is 11.3 Å². The van der Waals surface area contributed by atoms with Crippen molar-refractivity contribution in [2.45, 2.75) is 19.3 Å². The molecule has 2 aliphatic heterocycles. The summed E-state index contributed by atoms with van der Waals surface area (Å²) in [6.07, 6.45) is 5.43. The predicted octanol–water partition coefficient (Wildman–Crippen LogP) is 4.73. The summed E-state index contributed by atoms with van der Waals surface area (Å²) in [7, 11) is 3.93. The molecule has 0 aliphatic carbocycles. The van der Waals surface area contributed by atoms with Gasteiger partial charge in [-0.3, -0.25) is 9.69 Å². The topological polar surface area (TPSA) is 64.6 Å². The summed E-state index contributed by atoms with van der Waals surface area (Å²) in [6.45, 7) is 1.84. The van der Waals surface area contributed by atoms with E-state index in [9.17, 15) is 4.79 Å². The lowest BCUT2D eigenvalue weighted by atomic mass is 10.1. The fourth-order valence-electron chi connectivity index (χ4n) is 4.41. The van der Waals surface area contributed by atoms with Crippen molar-refractivity contribution in [3.05, 3.63) is 78.1 Å². The van der Waals surface area contributed by atoms with Gasteiger partial charge in [0.2, 0.25) is 5.95 Å². The lowest BCUT2D eigenvalue weighted by Crippen LogP contribution is -2.31. The summed E-state index contributed by atoms with van der Waals surface area (Å²) < 4.78 is 0. The summed E-state index contributed by atoms with van der Waals surface area (Å²) in [6, 6.07) is 19.6. The van der Waals surface area contributed by atoms with Crippen LogP contribution in [0, 0.1) is 0 Å². The molecule has 168 valence electrons. The van der Waals surface area contributed by atoms with Crippen molar-refractivity contribution < 1.29 is 4.79 Å². The van der Waals surface area contributed by atoms with Crippen LogP contribution in [-0.4, -0.2) is 48.0 Å². The Morgan fingerprint density at radius 2 is 1.58 bits per heavy atom. The smallest absolute Gasteiger partial charge is 0.282 e. The molecule has 1 aromatic heterocycles. The lowest BCUT2D eigenvalue weighted by molar-refractivity contribution is 0.100. The van der Waals surface area contributed by atoms with Gasteiger partial charge in [0, 0.05) is 44.8 Å². The number of nitrogens with zero attached hydrogens (tertiary/aromatic N) is 5. The van der Waals surface area contributed by atoms with Crippen LogP contribution in [0.3, 0.4) is 0 Å². The fourth-order valence-corrected chi connectivity index (χ4v) is 4.41. The summed E-state index contributed by atoms with van der Waals surface area (Å²) >= 11 is 0. The number of hydrogen-bond acceptors (Lipinski definition) is 6. The van der Waals surface area contributed by atoms with Gasteiger partial charge in [0.1, 0.15) is 11.5 Å². The number of carbonyl (C=O) groups is 1. The molecule has 33 heavy (non-hydrogen) atoms. The van der Waals surface area contributed by atoms with Crippen molar-refractivity contribution >= 4 is 34.7 Å². The van der Waals surface area contributed by atoms with Crippen LogP contribution in [0.15, 0.2) is 66.9 Å². The molecule has 3 heterocycles. The van der Waals surface area contributed by atoms with Gasteiger partial charge in [-0.1, -0.05) is 36.4 Å². The first-order valence-corrected chi connectivity index (χ1v) is 11.4. The number of amides is 1. The Morgan fingerprint density at radius 3 is 2.24 bits per heavy atom. The number of hydrogen-bond donors (Lipinski definition) is 1. The standard InChI is InChI=1S/C26H28N6O/c1-30(2)18-21-22-23(25(33)32(21)20-14-8-4-9-15-20)28-26(27-19-12-6-3-7-13-19)29-24(22)31-16-10-5-11-17-31/h3-4,6-9,12-15,18H,5,10-11,16-17H2,1-2H3,(H,27,28,29)/b21-18-. The average Bonchev–Trinajstić information content (AvgIpc) is 3.11. The van der Waals surface area contributed by atoms with Gasteiger partial charge in [-0.15, -0.1) is 0 Å². The Bertz CT molecular complexity index is 1170. The summed E-state index contributed by atoms with van der Waals surface area (Å²) in [5.74, 6) is 1.12. The highest BCUT2D eigenvalue weighted by Crippen LogP contribution is 2.41. The second kappa shape index (κ2) is 8.94. The van der Waals surface area contributed by atoms with Crippen molar-refractivity contribution in [2.24, 2.45) is 0 Å². The van der Waals surface area contributed by atoms with E-state index >= 15 is 0 Å². The van der Waals surface area contributed by atoms with E-state index in [1.807, 2.05) is 85.9 Å². The lowest BCUT2D eigenvalue weighted by Gasteiger charge is -2.30. The van der Waals surface area contributed by atoms with Crippen molar-refractivity contribution in [3.63, 3.8) is 0 Å². The Morgan fingerprint density at radius 1 is 0.909 bits per heavy atom. The molecule has 0 unspecified atom stereocenters. The Balaban J connectivity index is 1.68. The van der Waals surface area contributed by atoms with Gasteiger partial charge in [-0.2, -0.15) is 4.98 Å². The number of carbonyl (C=O) groups excluding carboxylic acids is 1. The Labute approximate surface area is 194 Å². The zero-order chi connectivity index (χ0) is 22.8.